The van der Waals surface area contributed by atoms with Gasteiger partial charge in [0.15, 0.2) is 0 Å². The lowest BCUT2D eigenvalue weighted by Crippen LogP contribution is -2.52. The van der Waals surface area contributed by atoms with Crippen molar-refractivity contribution in [2.24, 2.45) is 4.99 Å². The molecule has 0 saturated carbocycles. The highest BCUT2D eigenvalue weighted by Gasteiger charge is 2.45. The van der Waals surface area contributed by atoms with E-state index in [0.29, 0.717) is 5.02 Å². The summed E-state index contributed by atoms with van der Waals surface area (Å²) in [5.74, 6) is 0.285. The topological polar surface area (TPSA) is 60.4 Å². The van der Waals surface area contributed by atoms with Crippen LogP contribution in [0.1, 0.15) is 23.7 Å². The lowest BCUT2D eigenvalue weighted by atomic mass is 9.80. The molecule has 0 saturated heterocycles. The third-order valence-electron chi connectivity index (χ3n) is 5.05. The van der Waals surface area contributed by atoms with Crippen LogP contribution in [0.25, 0.3) is 10.9 Å². The summed E-state index contributed by atoms with van der Waals surface area (Å²) in [5, 5.41) is 15.4. The molecule has 0 amide bonds. The predicted octanol–water partition coefficient (Wildman–Crippen LogP) is 4.02. The average Bonchev–Trinajstić information content (AvgIpc) is 3.08. The van der Waals surface area contributed by atoms with Gasteiger partial charge in [-0.3, -0.25) is 10.3 Å². The Morgan fingerprint density at radius 1 is 1.25 bits per heavy atom. The molecule has 1 aromatic heterocycles. The van der Waals surface area contributed by atoms with Crippen LogP contribution in [0.15, 0.2) is 41.4 Å². The van der Waals surface area contributed by atoms with Gasteiger partial charge in [0.05, 0.1) is 5.69 Å². The van der Waals surface area contributed by atoms with Crippen molar-refractivity contribution in [2.45, 2.75) is 24.9 Å². The minimum atomic E-state index is -0.498. The summed E-state index contributed by atoms with van der Waals surface area (Å²) in [6.07, 6.45) is 2.86. The Kier molecular flexibility index (Phi) is 2.71. The Morgan fingerprint density at radius 3 is 3.00 bits per heavy atom. The molecule has 4 nitrogen and oxygen atoms in total. The Hall–Kier alpha value is -2.30. The van der Waals surface area contributed by atoms with Crippen molar-refractivity contribution < 1.29 is 5.11 Å². The third kappa shape index (κ3) is 1.75. The lowest BCUT2D eigenvalue weighted by molar-refractivity contribution is 0.413. The number of phenols is 1. The third-order valence-corrected chi connectivity index (χ3v) is 5.28. The standard InChI is InChI=1S/C19H16ClN3O/c1-10-6-14-13-8-12(24)3-5-16(13)22-18(14)19(23-10)9-21-17-4-2-11(20)7-15(17)19/h2-5,7-10,22-24H,6H2,1H3/t10-,19+/m1/s1. The van der Waals surface area contributed by atoms with Crippen molar-refractivity contribution in [3.63, 3.8) is 0 Å². The van der Waals surface area contributed by atoms with E-state index in [1.54, 1.807) is 6.07 Å². The number of H-pyrrole nitrogens is 1. The number of nitrogens with one attached hydrogen (secondary N) is 2. The van der Waals surface area contributed by atoms with E-state index >= 15 is 0 Å². The Labute approximate surface area is 144 Å². The Balaban J connectivity index is 1.84. The molecule has 24 heavy (non-hydrogen) atoms. The number of hydrogen-bond acceptors (Lipinski definition) is 3. The molecule has 0 unspecified atom stereocenters. The maximum absolute atomic E-state index is 9.89. The molecular formula is C19H16ClN3O. The smallest absolute Gasteiger partial charge is 0.123 e. The first-order chi connectivity index (χ1) is 11.6. The van der Waals surface area contributed by atoms with Gasteiger partial charge in [-0.15, -0.1) is 0 Å². The summed E-state index contributed by atoms with van der Waals surface area (Å²) in [6, 6.07) is 11.6. The number of phenolic OH excluding ortho intramolecular Hbond substituents is 1. The SMILES string of the molecule is C[C@@H]1Cc2c([nH]c3ccc(O)cc23)[C@@]2(C=Nc3ccc(Cl)cc32)N1. The second-order valence-corrected chi connectivity index (χ2v) is 7.12. The Morgan fingerprint density at radius 2 is 2.12 bits per heavy atom. The van der Waals surface area contributed by atoms with Crippen molar-refractivity contribution in [2.75, 3.05) is 0 Å². The molecule has 3 N–H and O–H groups in total. The maximum Gasteiger partial charge on any atom is 0.123 e. The summed E-state index contributed by atoms with van der Waals surface area (Å²) in [4.78, 5) is 8.17. The first-order valence-corrected chi connectivity index (χ1v) is 8.41. The predicted molar refractivity (Wildman–Crippen MR) is 96.6 cm³/mol. The molecule has 3 heterocycles. The number of benzene rings is 2. The molecule has 0 radical (unpaired) electrons. The van der Waals surface area contributed by atoms with Crippen LogP contribution in [0, 0.1) is 0 Å². The van der Waals surface area contributed by atoms with Gasteiger partial charge in [0.1, 0.15) is 11.3 Å². The highest BCUT2D eigenvalue weighted by molar-refractivity contribution is 6.30. The van der Waals surface area contributed by atoms with E-state index in [0.717, 1.165) is 34.3 Å². The molecule has 1 spiro atoms. The second-order valence-electron chi connectivity index (χ2n) is 6.69. The fourth-order valence-electron chi connectivity index (χ4n) is 4.09. The molecule has 2 aliphatic heterocycles. The van der Waals surface area contributed by atoms with Crippen molar-refractivity contribution in [1.82, 2.24) is 10.3 Å². The van der Waals surface area contributed by atoms with E-state index in [9.17, 15) is 5.11 Å². The minimum Gasteiger partial charge on any atom is -0.508 e. The maximum atomic E-state index is 9.89. The highest BCUT2D eigenvalue weighted by Crippen LogP contribution is 2.46. The molecule has 3 aromatic rings. The van der Waals surface area contributed by atoms with E-state index in [1.165, 1.54) is 5.56 Å². The van der Waals surface area contributed by atoms with Crippen molar-refractivity contribution in [1.29, 1.82) is 0 Å². The minimum absolute atomic E-state index is 0.273. The van der Waals surface area contributed by atoms with Gasteiger partial charge in [0, 0.05) is 39.4 Å². The van der Waals surface area contributed by atoms with Crippen LogP contribution in [0.3, 0.4) is 0 Å². The zero-order chi connectivity index (χ0) is 16.5. The summed E-state index contributed by atoms with van der Waals surface area (Å²) in [6.45, 7) is 2.17. The fraction of sp³-hybridized carbons (Fsp3) is 0.211. The van der Waals surface area contributed by atoms with Gasteiger partial charge < -0.3 is 10.1 Å². The summed E-state index contributed by atoms with van der Waals surface area (Å²) >= 11 is 6.26. The molecule has 5 rings (SSSR count). The van der Waals surface area contributed by atoms with Gasteiger partial charge in [0.2, 0.25) is 0 Å². The largest absolute Gasteiger partial charge is 0.508 e. The summed E-state index contributed by atoms with van der Waals surface area (Å²) in [7, 11) is 0. The van der Waals surface area contributed by atoms with Crippen LogP contribution in [-0.4, -0.2) is 22.3 Å². The van der Waals surface area contributed by atoms with E-state index in [-0.39, 0.29) is 11.8 Å². The average molecular weight is 338 g/mol. The molecule has 0 aliphatic carbocycles. The number of aliphatic imine (C=N–C) groups is 1. The van der Waals surface area contributed by atoms with Crippen LogP contribution < -0.4 is 5.32 Å². The van der Waals surface area contributed by atoms with Gasteiger partial charge in [-0.2, -0.15) is 0 Å². The number of hydrogen-bond donors (Lipinski definition) is 3. The van der Waals surface area contributed by atoms with Crippen molar-refractivity contribution in [3.8, 4) is 5.75 Å². The van der Waals surface area contributed by atoms with Gasteiger partial charge in [-0.25, -0.2) is 0 Å². The normalized spacial score (nSPS) is 24.5. The quantitative estimate of drug-likeness (QED) is 0.580. The van der Waals surface area contributed by atoms with Crippen molar-refractivity contribution in [3.05, 3.63) is 58.2 Å². The zero-order valence-corrected chi connectivity index (χ0v) is 13.9. The van der Waals surface area contributed by atoms with E-state index in [4.69, 9.17) is 11.6 Å². The second kappa shape index (κ2) is 4.62. The van der Waals surface area contributed by atoms with Crippen LogP contribution in [0.2, 0.25) is 5.02 Å². The zero-order valence-electron chi connectivity index (χ0n) is 13.1. The van der Waals surface area contributed by atoms with Gasteiger partial charge >= 0.3 is 0 Å². The fourth-order valence-corrected chi connectivity index (χ4v) is 4.26. The molecule has 0 fully saturated rings. The number of nitrogens with zero attached hydrogens (tertiary/aromatic N) is 1. The molecule has 120 valence electrons. The summed E-state index contributed by atoms with van der Waals surface area (Å²) in [5.41, 5.74) is 4.85. The van der Waals surface area contributed by atoms with E-state index in [2.05, 4.69) is 22.2 Å². The molecule has 2 aromatic carbocycles. The number of halogens is 1. The van der Waals surface area contributed by atoms with E-state index in [1.807, 2.05) is 36.5 Å². The Bertz CT molecular complexity index is 1020. The lowest BCUT2D eigenvalue weighted by Gasteiger charge is -2.37. The number of aromatic nitrogens is 1. The monoisotopic (exact) mass is 337 g/mol. The van der Waals surface area contributed by atoms with Gasteiger partial charge in [-0.05, 0) is 55.3 Å². The number of aromatic amines is 1. The summed E-state index contributed by atoms with van der Waals surface area (Å²) < 4.78 is 0. The van der Waals surface area contributed by atoms with Crippen LogP contribution in [0.4, 0.5) is 5.69 Å². The van der Waals surface area contributed by atoms with Gasteiger partial charge in [0.25, 0.3) is 0 Å². The van der Waals surface area contributed by atoms with E-state index < -0.39 is 5.54 Å². The first kappa shape index (κ1) is 14.1. The van der Waals surface area contributed by atoms with Crippen LogP contribution in [-0.2, 0) is 12.0 Å². The van der Waals surface area contributed by atoms with Crippen LogP contribution >= 0.6 is 11.6 Å². The van der Waals surface area contributed by atoms with Crippen LogP contribution in [0.5, 0.6) is 5.75 Å². The molecule has 5 heteroatoms. The van der Waals surface area contributed by atoms with Gasteiger partial charge in [-0.1, -0.05) is 11.6 Å². The molecular weight excluding hydrogens is 322 g/mol. The number of rotatable bonds is 0. The first-order valence-electron chi connectivity index (χ1n) is 8.04. The highest BCUT2D eigenvalue weighted by atomic mass is 35.5. The molecule has 0 bridgehead atoms. The van der Waals surface area contributed by atoms with Crippen molar-refractivity contribution >= 4 is 34.4 Å². The molecule has 2 aliphatic rings. The number of aromatic hydroxyl groups is 1. The number of fused-ring (bicyclic) bond motifs is 6. The molecule has 2 atom stereocenters.